The van der Waals surface area contributed by atoms with E-state index in [-0.39, 0.29) is 11.3 Å². The van der Waals surface area contributed by atoms with Gasteiger partial charge in [-0.2, -0.15) is 5.26 Å². The predicted molar refractivity (Wildman–Crippen MR) is 135 cm³/mol. The maximum absolute atomic E-state index is 12.9. The lowest BCUT2D eigenvalue weighted by atomic mass is 10.1. The number of rotatable bonds is 9. The van der Waals surface area contributed by atoms with Crippen LogP contribution < -0.4 is 10.9 Å². The summed E-state index contributed by atoms with van der Waals surface area (Å²) in [6.07, 6.45) is 1.44. The highest BCUT2D eigenvalue weighted by Gasteiger charge is 2.20. The SMILES string of the molecule is COCCn1c(C)cc(/C=C(\C#N)C(=O)OCC(=O)Nc2c(C)n(C)n(-c3ccccc3)c2=O)c1C. The molecule has 3 rings (SSSR count). The monoisotopic (exact) mass is 491 g/mol. The fourth-order valence-electron chi connectivity index (χ4n) is 3.89. The summed E-state index contributed by atoms with van der Waals surface area (Å²) in [5, 5.41) is 12.0. The van der Waals surface area contributed by atoms with E-state index in [0.29, 0.717) is 30.1 Å². The van der Waals surface area contributed by atoms with Crippen molar-refractivity contribution in [3.05, 3.63) is 75.0 Å². The van der Waals surface area contributed by atoms with E-state index in [9.17, 15) is 19.6 Å². The molecule has 188 valence electrons. The van der Waals surface area contributed by atoms with Crippen LogP contribution >= 0.6 is 0 Å². The highest BCUT2D eigenvalue weighted by molar-refractivity contribution is 6.00. The Morgan fingerprint density at radius 2 is 1.83 bits per heavy atom. The molecular weight excluding hydrogens is 462 g/mol. The molecule has 0 aliphatic rings. The van der Waals surface area contributed by atoms with Gasteiger partial charge in [-0.3, -0.25) is 14.3 Å². The number of ether oxygens (including phenoxy) is 2. The van der Waals surface area contributed by atoms with Crippen molar-refractivity contribution in [2.45, 2.75) is 27.3 Å². The molecule has 0 aliphatic carbocycles. The first-order valence-electron chi connectivity index (χ1n) is 11.3. The Hall–Kier alpha value is -4.36. The van der Waals surface area contributed by atoms with Crippen LogP contribution in [0.5, 0.6) is 0 Å². The number of carbonyl (C=O) groups is 2. The Kier molecular flexibility index (Phi) is 8.30. The number of nitrogens with one attached hydrogen (secondary N) is 1. The van der Waals surface area contributed by atoms with E-state index in [2.05, 4.69) is 5.32 Å². The summed E-state index contributed by atoms with van der Waals surface area (Å²) in [4.78, 5) is 37.9. The minimum atomic E-state index is -0.930. The van der Waals surface area contributed by atoms with Crippen molar-refractivity contribution in [2.75, 3.05) is 25.6 Å². The van der Waals surface area contributed by atoms with E-state index in [1.165, 1.54) is 10.8 Å². The van der Waals surface area contributed by atoms with Crippen molar-refractivity contribution in [1.82, 2.24) is 13.9 Å². The smallest absolute Gasteiger partial charge is 0.349 e. The summed E-state index contributed by atoms with van der Waals surface area (Å²) < 4.78 is 15.3. The first-order valence-corrected chi connectivity index (χ1v) is 11.3. The lowest BCUT2D eigenvalue weighted by molar-refractivity contribution is -0.142. The van der Waals surface area contributed by atoms with Crippen LogP contribution in [-0.2, 0) is 32.7 Å². The second-order valence-corrected chi connectivity index (χ2v) is 8.20. The standard InChI is InChI=1S/C26H29N5O5/c1-17-13-20(18(2)30(17)11-12-35-5)14-21(15-27)26(34)36-16-23(32)28-24-19(3)29(4)31(25(24)33)22-9-7-6-8-10-22/h6-10,13-14H,11-12,16H2,1-5H3,(H,28,32)/b21-14+. The van der Waals surface area contributed by atoms with Gasteiger partial charge in [0.05, 0.1) is 18.0 Å². The number of aromatic nitrogens is 3. The molecule has 1 amide bonds. The molecule has 0 saturated heterocycles. The quantitative estimate of drug-likeness (QED) is 0.279. The molecular formula is C26H29N5O5. The minimum absolute atomic E-state index is 0.0851. The second-order valence-electron chi connectivity index (χ2n) is 8.20. The van der Waals surface area contributed by atoms with Gasteiger partial charge in [-0.25, -0.2) is 9.48 Å². The molecule has 10 heteroatoms. The largest absolute Gasteiger partial charge is 0.451 e. The Morgan fingerprint density at radius 3 is 2.47 bits per heavy atom. The number of carbonyl (C=O) groups excluding carboxylic acids is 2. The molecule has 0 bridgehead atoms. The molecule has 0 saturated carbocycles. The van der Waals surface area contributed by atoms with Crippen LogP contribution in [0.25, 0.3) is 11.8 Å². The maximum Gasteiger partial charge on any atom is 0.349 e. The molecule has 36 heavy (non-hydrogen) atoms. The van der Waals surface area contributed by atoms with Crippen molar-refractivity contribution in [3.8, 4) is 11.8 Å². The Bertz CT molecular complexity index is 1400. The Balaban J connectivity index is 1.71. The first-order chi connectivity index (χ1) is 17.2. The normalized spacial score (nSPS) is 11.3. The lowest BCUT2D eigenvalue weighted by Gasteiger charge is -2.08. The van der Waals surface area contributed by atoms with Crippen LogP contribution in [0.4, 0.5) is 5.69 Å². The average molecular weight is 492 g/mol. The van der Waals surface area contributed by atoms with E-state index < -0.39 is 24.0 Å². The van der Waals surface area contributed by atoms with Gasteiger partial charge in [-0.05, 0) is 50.6 Å². The highest BCUT2D eigenvalue weighted by atomic mass is 16.5. The van der Waals surface area contributed by atoms with Crippen LogP contribution in [0.3, 0.4) is 0 Å². The third-order valence-corrected chi connectivity index (χ3v) is 5.93. The summed E-state index contributed by atoms with van der Waals surface area (Å²) in [6.45, 7) is 6.02. The van der Waals surface area contributed by atoms with E-state index in [4.69, 9.17) is 9.47 Å². The van der Waals surface area contributed by atoms with Crippen LogP contribution in [0, 0.1) is 32.1 Å². The number of benzene rings is 1. The lowest BCUT2D eigenvalue weighted by Crippen LogP contribution is -2.26. The summed E-state index contributed by atoms with van der Waals surface area (Å²) in [6, 6.07) is 12.7. The van der Waals surface area contributed by atoms with Crippen molar-refractivity contribution in [3.63, 3.8) is 0 Å². The van der Waals surface area contributed by atoms with E-state index in [1.807, 2.05) is 36.6 Å². The number of aryl methyl sites for hydroxylation is 1. The number of anilines is 1. The number of hydrogen-bond acceptors (Lipinski definition) is 6. The molecule has 2 heterocycles. The molecule has 0 aliphatic heterocycles. The van der Waals surface area contributed by atoms with Gasteiger partial charge >= 0.3 is 5.97 Å². The number of methoxy groups -OCH3 is 1. The van der Waals surface area contributed by atoms with Crippen LogP contribution in [0.1, 0.15) is 22.6 Å². The zero-order chi connectivity index (χ0) is 26.4. The van der Waals surface area contributed by atoms with E-state index in [0.717, 1.165) is 11.4 Å². The summed E-state index contributed by atoms with van der Waals surface area (Å²) in [5.41, 5.74) is 3.14. The van der Waals surface area contributed by atoms with Gasteiger partial charge in [0.25, 0.3) is 11.5 Å². The van der Waals surface area contributed by atoms with Crippen molar-refractivity contribution in [2.24, 2.45) is 7.05 Å². The van der Waals surface area contributed by atoms with Gasteiger partial charge < -0.3 is 19.4 Å². The highest BCUT2D eigenvalue weighted by Crippen LogP contribution is 2.19. The number of nitriles is 1. The molecule has 0 spiro atoms. The van der Waals surface area contributed by atoms with Crippen molar-refractivity contribution in [1.29, 1.82) is 5.26 Å². The number of para-hydroxylation sites is 1. The minimum Gasteiger partial charge on any atom is -0.451 e. The topological polar surface area (TPSA) is 120 Å². The molecule has 0 radical (unpaired) electrons. The van der Waals surface area contributed by atoms with Gasteiger partial charge in [0.15, 0.2) is 6.61 Å². The van der Waals surface area contributed by atoms with Gasteiger partial charge in [-0.15, -0.1) is 0 Å². The number of esters is 1. The molecule has 0 unspecified atom stereocenters. The fraction of sp³-hybridized carbons (Fsp3) is 0.308. The van der Waals surface area contributed by atoms with E-state index >= 15 is 0 Å². The molecule has 2 aromatic heterocycles. The first kappa shape index (κ1) is 26.2. The van der Waals surface area contributed by atoms with E-state index in [1.54, 1.807) is 50.0 Å². The Morgan fingerprint density at radius 1 is 1.14 bits per heavy atom. The van der Waals surface area contributed by atoms with Gasteiger partial charge in [0, 0.05) is 32.1 Å². The molecule has 1 aromatic carbocycles. The van der Waals surface area contributed by atoms with Gasteiger partial charge in [-0.1, -0.05) is 18.2 Å². The van der Waals surface area contributed by atoms with Crippen molar-refractivity contribution >= 4 is 23.6 Å². The molecule has 0 atom stereocenters. The molecule has 3 aromatic rings. The fourth-order valence-corrected chi connectivity index (χ4v) is 3.89. The third kappa shape index (κ3) is 5.47. The zero-order valence-electron chi connectivity index (χ0n) is 21.0. The van der Waals surface area contributed by atoms with Gasteiger partial charge in [0.2, 0.25) is 0 Å². The second kappa shape index (κ2) is 11.4. The van der Waals surface area contributed by atoms with Crippen molar-refractivity contribution < 1.29 is 19.1 Å². The predicted octanol–water partition coefficient (Wildman–Crippen LogP) is 2.64. The van der Waals surface area contributed by atoms with Crippen LogP contribution in [-0.4, -0.2) is 46.1 Å². The summed E-state index contributed by atoms with van der Waals surface area (Å²) in [5.74, 6) is -1.62. The summed E-state index contributed by atoms with van der Waals surface area (Å²) >= 11 is 0. The molecule has 10 nitrogen and oxygen atoms in total. The average Bonchev–Trinajstić information content (AvgIpc) is 3.25. The number of nitrogens with zero attached hydrogens (tertiary/aromatic N) is 4. The summed E-state index contributed by atoms with van der Waals surface area (Å²) in [7, 11) is 3.32. The maximum atomic E-state index is 12.9. The van der Waals surface area contributed by atoms with Crippen LogP contribution in [0.15, 0.2) is 46.8 Å². The number of hydrogen-bond donors (Lipinski definition) is 1. The van der Waals surface area contributed by atoms with Gasteiger partial charge in [0.1, 0.15) is 17.3 Å². The molecule has 0 fully saturated rings. The van der Waals surface area contributed by atoms with Crippen LogP contribution in [0.2, 0.25) is 0 Å². The zero-order valence-corrected chi connectivity index (χ0v) is 21.0. The third-order valence-electron chi connectivity index (χ3n) is 5.93. The Labute approximate surface area is 208 Å². The molecule has 1 N–H and O–H groups in total. The number of amides is 1.